The minimum absolute atomic E-state index is 0.124. The molecule has 1 aliphatic heterocycles. The number of hydrogen-bond donors (Lipinski definition) is 2. The Labute approximate surface area is 204 Å². The molecule has 0 bridgehead atoms. The molecular formula is C24H29N5O3S2. The highest BCUT2D eigenvalue weighted by atomic mass is 32.2. The Balaban J connectivity index is 1.39. The van der Waals surface area contributed by atoms with Crippen LogP contribution in [0, 0.1) is 12.8 Å². The van der Waals surface area contributed by atoms with Gasteiger partial charge in [0.25, 0.3) is 15.9 Å². The summed E-state index contributed by atoms with van der Waals surface area (Å²) >= 11 is 0.813. The molecule has 0 saturated carbocycles. The maximum atomic E-state index is 12.8. The van der Waals surface area contributed by atoms with Crippen molar-refractivity contribution in [1.29, 1.82) is 0 Å². The lowest BCUT2D eigenvalue weighted by atomic mass is 9.99. The molecule has 1 fully saturated rings. The van der Waals surface area contributed by atoms with Crippen molar-refractivity contribution in [1.82, 2.24) is 14.9 Å². The highest BCUT2D eigenvalue weighted by Gasteiger charge is 2.24. The van der Waals surface area contributed by atoms with Gasteiger partial charge in [-0.1, -0.05) is 48.1 Å². The van der Waals surface area contributed by atoms with E-state index in [1.807, 2.05) is 43.3 Å². The summed E-state index contributed by atoms with van der Waals surface area (Å²) in [6.45, 7) is 8.08. The fraction of sp³-hybridized carbons (Fsp3) is 0.375. The molecule has 1 aliphatic rings. The Hall–Kier alpha value is -2.82. The minimum atomic E-state index is -3.90. The van der Waals surface area contributed by atoms with Gasteiger partial charge in [-0.3, -0.25) is 10.1 Å². The Kier molecular flexibility index (Phi) is 7.30. The molecule has 8 nitrogen and oxygen atoms in total. The summed E-state index contributed by atoms with van der Waals surface area (Å²) in [7, 11) is -3.90. The van der Waals surface area contributed by atoms with E-state index < -0.39 is 16.1 Å². The van der Waals surface area contributed by atoms with Crippen LogP contribution < -0.4 is 14.9 Å². The predicted molar refractivity (Wildman–Crippen MR) is 135 cm³/mol. The average Bonchev–Trinajstić information content (AvgIpc) is 3.29. The van der Waals surface area contributed by atoms with Gasteiger partial charge in [0.1, 0.15) is 0 Å². The van der Waals surface area contributed by atoms with Crippen LogP contribution >= 0.6 is 11.3 Å². The first-order chi connectivity index (χ1) is 16.2. The second-order valence-corrected chi connectivity index (χ2v) is 11.7. The fourth-order valence-electron chi connectivity index (χ4n) is 3.99. The molecule has 0 aliphatic carbocycles. The van der Waals surface area contributed by atoms with Gasteiger partial charge in [0.05, 0.1) is 0 Å². The highest BCUT2D eigenvalue weighted by molar-refractivity contribution is 7.91. The molecule has 3 aromatic rings. The number of amides is 1. The maximum Gasteiger partial charge on any atom is 0.270 e. The Morgan fingerprint density at radius 1 is 1.12 bits per heavy atom. The van der Waals surface area contributed by atoms with Crippen molar-refractivity contribution in [3.8, 4) is 0 Å². The van der Waals surface area contributed by atoms with Crippen molar-refractivity contribution >= 4 is 38.1 Å². The Morgan fingerprint density at radius 3 is 2.50 bits per heavy atom. The smallest absolute Gasteiger partial charge is 0.270 e. The lowest BCUT2D eigenvalue weighted by Gasteiger charge is -2.33. The van der Waals surface area contributed by atoms with E-state index in [1.54, 1.807) is 19.1 Å². The molecule has 2 N–H and O–H groups in total. The van der Waals surface area contributed by atoms with Crippen LogP contribution in [0.4, 0.5) is 10.8 Å². The second-order valence-electron chi connectivity index (χ2n) is 8.82. The summed E-state index contributed by atoms with van der Waals surface area (Å²) < 4.78 is 28.2. The van der Waals surface area contributed by atoms with Gasteiger partial charge in [-0.2, -0.15) is 0 Å². The maximum absolute atomic E-state index is 12.8. The molecule has 2 heterocycles. The van der Waals surface area contributed by atoms with E-state index in [4.69, 9.17) is 0 Å². The summed E-state index contributed by atoms with van der Waals surface area (Å²) in [6, 6.07) is 14.6. The van der Waals surface area contributed by atoms with E-state index in [0.29, 0.717) is 11.5 Å². The standard InChI is InChI=1S/C24H29N5O3S2/c1-16-6-8-20(9-7-16)22(30)25-23-26-27-24(33-23)34(31,32)28-18(3)19-10-12-21(13-11-19)29-14-4-5-17(2)15-29/h6-13,17-18,28H,4-5,14-15H2,1-3H3,(H,25,26,30)/t17-,18+/m1/s1. The van der Waals surface area contributed by atoms with Crippen LogP contribution in [0.25, 0.3) is 0 Å². The number of carbonyl (C=O) groups is 1. The normalized spacial score (nSPS) is 17.4. The molecule has 1 aromatic heterocycles. The monoisotopic (exact) mass is 499 g/mol. The van der Waals surface area contributed by atoms with E-state index in [0.717, 1.165) is 41.2 Å². The number of carbonyl (C=O) groups excluding carboxylic acids is 1. The number of aromatic nitrogens is 2. The van der Waals surface area contributed by atoms with Gasteiger partial charge < -0.3 is 4.90 Å². The highest BCUT2D eigenvalue weighted by Crippen LogP contribution is 2.26. The van der Waals surface area contributed by atoms with Crippen molar-refractivity contribution in [3.63, 3.8) is 0 Å². The van der Waals surface area contributed by atoms with Crippen LogP contribution in [0.5, 0.6) is 0 Å². The lowest BCUT2D eigenvalue weighted by molar-refractivity contribution is 0.102. The van der Waals surface area contributed by atoms with Crippen LogP contribution in [0.15, 0.2) is 52.9 Å². The van der Waals surface area contributed by atoms with Gasteiger partial charge in [0.15, 0.2) is 0 Å². The van der Waals surface area contributed by atoms with E-state index in [2.05, 4.69) is 32.1 Å². The summed E-state index contributed by atoms with van der Waals surface area (Å²) in [4.78, 5) is 14.7. The number of anilines is 2. The SMILES string of the molecule is Cc1ccc(C(=O)Nc2nnc(S(=O)(=O)N[C@@H](C)c3ccc(N4CCC[C@@H](C)C4)cc3)s2)cc1. The number of nitrogens with zero attached hydrogens (tertiary/aromatic N) is 3. The Morgan fingerprint density at radius 2 is 1.82 bits per heavy atom. The summed E-state index contributed by atoms with van der Waals surface area (Å²) in [5.74, 6) is 0.308. The average molecular weight is 500 g/mol. The van der Waals surface area contributed by atoms with Gasteiger partial charge in [-0.05, 0) is 62.4 Å². The van der Waals surface area contributed by atoms with Crippen LogP contribution in [0.2, 0.25) is 0 Å². The van der Waals surface area contributed by atoms with E-state index >= 15 is 0 Å². The topological polar surface area (TPSA) is 104 Å². The zero-order valence-electron chi connectivity index (χ0n) is 19.5. The van der Waals surface area contributed by atoms with Crippen LogP contribution in [0.1, 0.15) is 54.2 Å². The third kappa shape index (κ3) is 5.81. The molecule has 1 amide bonds. The van der Waals surface area contributed by atoms with Gasteiger partial charge >= 0.3 is 0 Å². The molecule has 0 spiro atoms. The molecule has 10 heteroatoms. The van der Waals surface area contributed by atoms with Crippen molar-refractivity contribution in [3.05, 3.63) is 65.2 Å². The molecule has 2 aromatic carbocycles. The molecule has 2 atom stereocenters. The number of piperidine rings is 1. The van der Waals surface area contributed by atoms with Crippen LogP contribution in [-0.4, -0.2) is 37.6 Å². The van der Waals surface area contributed by atoms with Crippen molar-refractivity contribution in [2.24, 2.45) is 5.92 Å². The zero-order chi connectivity index (χ0) is 24.3. The lowest BCUT2D eigenvalue weighted by Crippen LogP contribution is -2.34. The number of rotatable bonds is 7. The van der Waals surface area contributed by atoms with E-state index in [-0.39, 0.29) is 15.4 Å². The largest absolute Gasteiger partial charge is 0.371 e. The number of aryl methyl sites for hydroxylation is 1. The summed E-state index contributed by atoms with van der Waals surface area (Å²) in [5.41, 5.74) is 3.51. The van der Waals surface area contributed by atoms with Crippen LogP contribution in [-0.2, 0) is 10.0 Å². The van der Waals surface area contributed by atoms with Gasteiger partial charge in [0, 0.05) is 30.4 Å². The first-order valence-electron chi connectivity index (χ1n) is 11.3. The summed E-state index contributed by atoms with van der Waals surface area (Å²) in [5, 5.41) is 10.3. The van der Waals surface area contributed by atoms with Gasteiger partial charge in [-0.15, -0.1) is 10.2 Å². The predicted octanol–water partition coefficient (Wildman–Crippen LogP) is 4.37. The molecule has 0 unspecified atom stereocenters. The summed E-state index contributed by atoms with van der Waals surface area (Å²) in [6.07, 6.45) is 2.45. The molecule has 180 valence electrons. The van der Waals surface area contributed by atoms with Crippen molar-refractivity contribution in [2.45, 2.75) is 44.0 Å². The molecule has 0 radical (unpaired) electrons. The number of nitrogens with one attached hydrogen (secondary N) is 2. The molecule has 1 saturated heterocycles. The quantitative estimate of drug-likeness (QED) is 0.468. The number of sulfonamides is 1. The van der Waals surface area contributed by atoms with E-state index in [9.17, 15) is 13.2 Å². The zero-order valence-corrected chi connectivity index (χ0v) is 21.1. The van der Waals surface area contributed by atoms with Crippen molar-refractivity contribution < 1.29 is 13.2 Å². The molecule has 4 rings (SSSR count). The Bertz CT molecular complexity index is 1240. The number of benzene rings is 2. The second kappa shape index (κ2) is 10.2. The van der Waals surface area contributed by atoms with Crippen LogP contribution in [0.3, 0.4) is 0 Å². The minimum Gasteiger partial charge on any atom is -0.371 e. The van der Waals surface area contributed by atoms with Gasteiger partial charge in [0.2, 0.25) is 9.47 Å². The van der Waals surface area contributed by atoms with Gasteiger partial charge in [-0.25, -0.2) is 13.1 Å². The molecule has 34 heavy (non-hydrogen) atoms. The fourth-order valence-corrected chi connectivity index (χ4v) is 6.14. The van der Waals surface area contributed by atoms with Crippen molar-refractivity contribution in [2.75, 3.05) is 23.3 Å². The molecular weight excluding hydrogens is 470 g/mol. The first-order valence-corrected chi connectivity index (χ1v) is 13.6. The third-order valence-corrected chi connectivity index (χ3v) is 8.66. The van der Waals surface area contributed by atoms with E-state index in [1.165, 1.54) is 12.8 Å². The third-order valence-electron chi connectivity index (χ3n) is 5.92. The first kappa shape index (κ1) is 24.3. The number of hydrogen-bond acceptors (Lipinski definition) is 7.